The largest absolute Gasteiger partial charge is 0.373 e. The number of benzene rings is 1. The summed E-state index contributed by atoms with van der Waals surface area (Å²) in [5.74, 6) is 0.292. The first-order valence-electron chi connectivity index (χ1n) is 9.20. The maximum absolute atomic E-state index is 12.8. The first-order valence-corrected chi connectivity index (χ1v) is 9.58. The van der Waals surface area contributed by atoms with Crippen molar-refractivity contribution >= 4 is 39.9 Å². The molecule has 4 aromatic rings. The number of rotatable bonds is 4. The van der Waals surface area contributed by atoms with Crippen LogP contribution in [0, 0.1) is 6.92 Å². The molecule has 3 aromatic heterocycles. The third-order valence-electron chi connectivity index (χ3n) is 4.77. The average Bonchev–Trinajstić information content (AvgIpc) is 2.74. The van der Waals surface area contributed by atoms with Gasteiger partial charge < -0.3 is 15.6 Å². The molecule has 3 heterocycles. The number of carbonyl (C=O) groups is 1. The van der Waals surface area contributed by atoms with Crippen LogP contribution >= 0.6 is 11.6 Å². The number of anilines is 2. The number of halogens is 1. The summed E-state index contributed by atoms with van der Waals surface area (Å²) in [6.07, 6.45) is 3.22. The lowest BCUT2D eigenvalue weighted by Crippen LogP contribution is -2.14. The monoisotopic (exact) mass is 419 g/mol. The Morgan fingerprint density at radius 3 is 2.70 bits per heavy atom. The van der Waals surface area contributed by atoms with Gasteiger partial charge in [0.1, 0.15) is 11.0 Å². The highest BCUT2D eigenvalue weighted by Gasteiger charge is 2.14. The Hall–Kier alpha value is -3.71. The van der Waals surface area contributed by atoms with E-state index in [0.29, 0.717) is 28.1 Å². The minimum atomic E-state index is -0.376. The molecule has 7 nitrogen and oxygen atoms in total. The number of carbonyl (C=O) groups excluding carboxylic acids is 1. The van der Waals surface area contributed by atoms with Crippen LogP contribution < -0.4 is 16.2 Å². The molecular formula is C22H18ClN5O2. The maximum atomic E-state index is 12.8. The molecule has 1 amide bonds. The van der Waals surface area contributed by atoms with E-state index in [2.05, 4.69) is 25.6 Å². The van der Waals surface area contributed by atoms with E-state index in [9.17, 15) is 9.59 Å². The Labute approximate surface area is 177 Å². The van der Waals surface area contributed by atoms with Crippen LogP contribution in [0.2, 0.25) is 5.15 Å². The van der Waals surface area contributed by atoms with E-state index in [1.165, 1.54) is 6.20 Å². The molecular weight excluding hydrogens is 402 g/mol. The average molecular weight is 420 g/mol. The Morgan fingerprint density at radius 2 is 1.93 bits per heavy atom. The Balaban J connectivity index is 1.73. The van der Waals surface area contributed by atoms with Gasteiger partial charge in [-0.2, -0.15) is 0 Å². The van der Waals surface area contributed by atoms with Crippen LogP contribution in [0.15, 0.2) is 59.7 Å². The molecule has 150 valence electrons. The van der Waals surface area contributed by atoms with E-state index in [4.69, 9.17) is 11.6 Å². The second kappa shape index (κ2) is 7.96. The maximum Gasteiger partial charge on any atom is 0.258 e. The predicted octanol–water partition coefficient (Wildman–Crippen LogP) is 4.24. The molecule has 0 aliphatic heterocycles. The quantitative estimate of drug-likeness (QED) is 0.429. The molecule has 0 saturated heterocycles. The SMILES string of the molecule is CNc1cc2[nH]c(=O)c(-c3cc(NC(=O)c4cccnc4Cl)ccc3C)cc2cn1. The minimum absolute atomic E-state index is 0.127. The first kappa shape index (κ1) is 19.6. The number of aryl methyl sites for hydroxylation is 1. The smallest absolute Gasteiger partial charge is 0.258 e. The number of aromatic amines is 1. The van der Waals surface area contributed by atoms with Crippen molar-refractivity contribution in [3.05, 3.63) is 81.5 Å². The predicted molar refractivity (Wildman–Crippen MR) is 119 cm³/mol. The number of nitrogens with zero attached hydrogens (tertiary/aromatic N) is 2. The van der Waals surface area contributed by atoms with Crippen LogP contribution in [0.4, 0.5) is 11.5 Å². The Bertz CT molecular complexity index is 1330. The molecule has 4 rings (SSSR count). The van der Waals surface area contributed by atoms with Crippen LogP contribution in [0.3, 0.4) is 0 Å². The first-order chi connectivity index (χ1) is 14.5. The summed E-state index contributed by atoms with van der Waals surface area (Å²) in [6.45, 7) is 1.91. The number of nitrogens with one attached hydrogen (secondary N) is 3. The summed E-state index contributed by atoms with van der Waals surface area (Å²) in [6, 6.07) is 12.2. The zero-order valence-corrected chi connectivity index (χ0v) is 17.0. The fourth-order valence-electron chi connectivity index (χ4n) is 3.18. The zero-order chi connectivity index (χ0) is 21.3. The van der Waals surface area contributed by atoms with E-state index in [-0.39, 0.29) is 22.2 Å². The molecule has 0 spiro atoms. The summed E-state index contributed by atoms with van der Waals surface area (Å²) in [5, 5.41) is 6.69. The van der Waals surface area contributed by atoms with E-state index in [0.717, 1.165) is 10.9 Å². The van der Waals surface area contributed by atoms with E-state index < -0.39 is 0 Å². The summed E-state index contributed by atoms with van der Waals surface area (Å²) in [4.78, 5) is 36.5. The van der Waals surface area contributed by atoms with Crippen molar-refractivity contribution in [2.24, 2.45) is 0 Å². The number of aromatic nitrogens is 3. The highest BCUT2D eigenvalue weighted by molar-refractivity contribution is 6.33. The van der Waals surface area contributed by atoms with Gasteiger partial charge in [0.15, 0.2) is 0 Å². The molecule has 0 radical (unpaired) electrons. The number of pyridine rings is 3. The van der Waals surface area contributed by atoms with Gasteiger partial charge in [-0.05, 0) is 48.4 Å². The normalized spacial score (nSPS) is 10.8. The van der Waals surface area contributed by atoms with E-state index >= 15 is 0 Å². The van der Waals surface area contributed by atoms with Crippen LogP contribution in [-0.4, -0.2) is 27.9 Å². The van der Waals surface area contributed by atoms with Crippen molar-refractivity contribution in [2.45, 2.75) is 6.92 Å². The topological polar surface area (TPSA) is 99.8 Å². The highest BCUT2D eigenvalue weighted by atomic mass is 35.5. The third kappa shape index (κ3) is 3.75. The number of amides is 1. The number of fused-ring (bicyclic) bond motifs is 1. The molecule has 0 aliphatic rings. The fourth-order valence-corrected chi connectivity index (χ4v) is 3.39. The molecule has 0 saturated carbocycles. The van der Waals surface area contributed by atoms with Gasteiger partial charge in [-0.3, -0.25) is 9.59 Å². The highest BCUT2D eigenvalue weighted by Crippen LogP contribution is 2.27. The van der Waals surface area contributed by atoms with Gasteiger partial charge in [-0.25, -0.2) is 9.97 Å². The molecule has 0 bridgehead atoms. The van der Waals surface area contributed by atoms with Gasteiger partial charge >= 0.3 is 0 Å². The van der Waals surface area contributed by atoms with Crippen molar-refractivity contribution in [2.75, 3.05) is 17.7 Å². The second-order valence-electron chi connectivity index (χ2n) is 6.74. The van der Waals surface area contributed by atoms with Gasteiger partial charge in [0, 0.05) is 42.1 Å². The third-order valence-corrected chi connectivity index (χ3v) is 5.07. The number of hydrogen-bond acceptors (Lipinski definition) is 5. The lowest BCUT2D eigenvalue weighted by atomic mass is 10.00. The van der Waals surface area contributed by atoms with Crippen LogP contribution in [-0.2, 0) is 0 Å². The molecule has 0 atom stereocenters. The van der Waals surface area contributed by atoms with Crippen LogP contribution in [0.5, 0.6) is 0 Å². The van der Waals surface area contributed by atoms with Crippen molar-refractivity contribution in [1.82, 2.24) is 15.0 Å². The number of H-pyrrole nitrogens is 1. The van der Waals surface area contributed by atoms with Gasteiger partial charge in [0.25, 0.3) is 11.5 Å². The summed E-state index contributed by atoms with van der Waals surface area (Å²) < 4.78 is 0. The Morgan fingerprint density at radius 1 is 1.10 bits per heavy atom. The molecule has 8 heteroatoms. The van der Waals surface area contributed by atoms with Crippen molar-refractivity contribution in [1.29, 1.82) is 0 Å². The van der Waals surface area contributed by atoms with Crippen molar-refractivity contribution in [3.63, 3.8) is 0 Å². The van der Waals surface area contributed by atoms with E-state index in [1.807, 2.05) is 13.0 Å². The van der Waals surface area contributed by atoms with Crippen molar-refractivity contribution in [3.8, 4) is 11.1 Å². The Kier molecular flexibility index (Phi) is 5.20. The number of hydrogen-bond donors (Lipinski definition) is 3. The lowest BCUT2D eigenvalue weighted by Gasteiger charge is -2.11. The molecule has 30 heavy (non-hydrogen) atoms. The summed E-state index contributed by atoms with van der Waals surface area (Å²) in [7, 11) is 1.77. The van der Waals surface area contributed by atoms with E-state index in [1.54, 1.807) is 49.6 Å². The van der Waals surface area contributed by atoms with Crippen LogP contribution in [0.25, 0.3) is 22.0 Å². The summed E-state index contributed by atoms with van der Waals surface area (Å²) in [5.41, 5.74) is 3.39. The molecule has 1 aromatic carbocycles. The minimum Gasteiger partial charge on any atom is -0.373 e. The van der Waals surface area contributed by atoms with Gasteiger partial charge in [0.05, 0.1) is 11.1 Å². The fraction of sp³-hybridized carbons (Fsp3) is 0.0909. The molecule has 3 N–H and O–H groups in total. The lowest BCUT2D eigenvalue weighted by molar-refractivity contribution is 0.102. The zero-order valence-electron chi connectivity index (χ0n) is 16.3. The second-order valence-corrected chi connectivity index (χ2v) is 7.10. The van der Waals surface area contributed by atoms with Gasteiger partial charge in [-0.15, -0.1) is 0 Å². The van der Waals surface area contributed by atoms with Crippen LogP contribution in [0.1, 0.15) is 15.9 Å². The standard InChI is InChI=1S/C22H18ClN5O2/c1-12-5-6-14(27-21(29)15-4-3-7-25-20(15)23)9-16(12)17-8-13-11-26-19(24-2)10-18(13)28-22(17)30/h3-11H,1-2H3,(H,24,26)(H,27,29)(H,28,30). The van der Waals surface area contributed by atoms with Crippen molar-refractivity contribution < 1.29 is 4.79 Å². The van der Waals surface area contributed by atoms with Gasteiger partial charge in [0.2, 0.25) is 0 Å². The summed E-state index contributed by atoms with van der Waals surface area (Å²) >= 11 is 6.01. The molecule has 0 unspecified atom stereocenters. The molecule has 0 fully saturated rings. The van der Waals surface area contributed by atoms with Gasteiger partial charge in [-0.1, -0.05) is 17.7 Å². The molecule has 0 aliphatic carbocycles.